The zero-order chi connectivity index (χ0) is 50.3. The summed E-state index contributed by atoms with van der Waals surface area (Å²) in [6.45, 7) is 2.58. The van der Waals surface area contributed by atoms with Gasteiger partial charge in [0.05, 0.1) is 19.8 Å². The molecule has 4 unspecified atom stereocenters. The number of aliphatic hydroxyl groups is 7. The molecule has 7 N–H and O–H groups in total. The molecule has 0 spiro atoms. The van der Waals surface area contributed by atoms with Gasteiger partial charge in [-0.2, -0.15) is 0 Å². The Labute approximate surface area is 415 Å². The first-order valence-electron chi connectivity index (χ1n) is 27.5. The molecule has 0 saturated carbocycles. The minimum atomic E-state index is -1.77. The smallest absolute Gasteiger partial charge is 0.306 e. The molecule has 0 amide bonds. The van der Waals surface area contributed by atoms with Gasteiger partial charge in [-0.05, 0) is 50.7 Å². The fourth-order valence-electron chi connectivity index (χ4n) is 8.72. The predicted octanol–water partition coefficient (Wildman–Crippen LogP) is 8.32. The number of aliphatic hydroxyl groups excluding tert-OH is 7. The quantitative estimate of drug-likeness (QED) is 0.0173. The van der Waals surface area contributed by atoms with Gasteiger partial charge in [-0.1, -0.05) is 168 Å². The number of hydrogen-bond donors (Lipinski definition) is 7. The standard InChI is InChI=1S/C54H98O15/c1-3-5-7-9-11-13-15-17-19-20-21-23-24-26-28-30-32-34-36-45(56)64-39-42(67-46(57)37-35-33-31-29-27-25-22-18-16-14-12-10-8-6-4-2)40-65-53-52(63)50(61)48(59)44(69-53)41-66-54-51(62)49(60)47(58)43(38-55)68-54/h16,22,42-44,47-55,58-63H,3-15,17,19-21,23-41H2,1-2H3/t18?,42-,43+,44+,47-,48-,49?,50?,51?,52?,53+,54+/m0/s1. The van der Waals surface area contributed by atoms with Gasteiger partial charge in [0, 0.05) is 12.8 Å². The summed E-state index contributed by atoms with van der Waals surface area (Å²) in [5.41, 5.74) is 3.29. The number of ether oxygens (including phenoxy) is 6. The highest BCUT2D eigenvalue weighted by Crippen LogP contribution is 2.27. The molecule has 69 heavy (non-hydrogen) atoms. The van der Waals surface area contributed by atoms with Gasteiger partial charge in [-0.3, -0.25) is 9.59 Å². The highest BCUT2D eigenvalue weighted by atomic mass is 16.7. The minimum absolute atomic E-state index is 0.148. The molecule has 2 rings (SSSR count). The van der Waals surface area contributed by atoms with E-state index in [0.29, 0.717) is 12.8 Å². The van der Waals surface area contributed by atoms with Crippen LogP contribution in [0, 0.1) is 0 Å². The fraction of sp³-hybridized carbons (Fsp3) is 0.907. The third kappa shape index (κ3) is 29.3. The second kappa shape index (κ2) is 41.5. The molecule has 0 radical (unpaired) electrons. The van der Waals surface area contributed by atoms with Crippen molar-refractivity contribution < 1.29 is 73.8 Å². The van der Waals surface area contributed by atoms with E-state index in [4.69, 9.17) is 28.4 Å². The maximum absolute atomic E-state index is 13.0. The second-order valence-corrected chi connectivity index (χ2v) is 19.5. The van der Waals surface area contributed by atoms with Crippen LogP contribution < -0.4 is 0 Å². The number of unbranched alkanes of at least 4 members (excludes halogenated alkanes) is 27. The Morgan fingerprint density at radius 1 is 0.478 bits per heavy atom. The zero-order valence-electron chi connectivity index (χ0n) is 42.9. The van der Waals surface area contributed by atoms with Crippen LogP contribution in [-0.2, 0) is 38.0 Å². The van der Waals surface area contributed by atoms with Crippen LogP contribution in [0.25, 0.3) is 0 Å². The normalized spacial score (nSPS) is 25.2. The van der Waals surface area contributed by atoms with Crippen LogP contribution in [0.3, 0.4) is 0 Å². The van der Waals surface area contributed by atoms with Crippen LogP contribution in [0.5, 0.6) is 0 Å². The average Bonchev–Trinajstić information content (AvgIpc) is 3.34. The Morgan fingerprint density at radius 3 is 1.33 bits per heavy atom. The van der Waals surface area contributed by atoms with E-state index in [1.165, 1.54) is 122 Å². The van der Waals surface area contributed by atoms with Gasteiger partial charge in [-0.25, -0.2) is 0 Å². The molecule has 2 aliphatic heterocycles. The summed E-state index contributed by atoms with van der Waals surface area (Å²) in [4.78, 5) is 25.8. The zero-order valence-corrected chi connectivity index (χ0v) is 42.9. The van der Waals surface area contributed by atoms with Crippen molar-refractivity contribution in [3.63, 3.8) is 0 Å². The third-order valence-corrected chi connectivity index (χ3v) is 13.3. The molecule has 404 valence electrons. The monoisotopic (exact) mass is 987 g/mol. The lowest BCUT2D eigenvalue weighted by Crippen LogP contribution is -2.61. The van der Waals surface area contributed by atoms with Gasteiger partial charge < -0.3 is 64.2 Å². The maximum atomic E-state index is 13.0. The van der Waals surface area contributed by atoms with Crippen LogP contribution in [0.1, 0.15) is 219 Å². The summed E-state index contributed by atoms with van der Waals surface area (Å²) in [6.07, 6.45) is 23.0. The molecule has 2 fully saturated rings. The predicted molar refractivity (Wildman–Crippen MR) is 265 cm³/mol. The minimum Gasteiger partial charge on any atom is -0.462 e. The number of rotatable bonds is 43. The highest BCUT2D eigenvalue weighted by molar-refractivity contribution is 5.70. The van der Waals surface area contributed by atoms with Crippen molar-refractivity contribution in [3.8, 4) is 0 Å². The topological polar surface area (TPSA) is 231 Å². The first kappa shape index (κ1) is 63.1. The van der Waals surface area contributed by atoms with E-state index in [1.54, 1.807) is 0 Å². The van der Waals surface area contributed by atoms with Gasteiger partial charge in [0.25, 0.3) is 0 Å². The van der Waals surface area contributed by atoms with Crippen LogP contribution in [0.15, 0.2) is 17.9 Å². The molecule has 2 saturated heterocycles. The maximum Gasteiger partial charge on any atom is 0.306 e. The number of esters is 2. The van der Waals surface area contributed by atoms with E-state index < -0.39 is 92.7 Å². The van der Waals surface area contributed by atoms with E-state index in [9.17, 15) is 45.3 Å². The number of hydrogen-bond acceptors (Lipinski definition) is 15. The molecular weight excluding hydrogens is 889 g/mol. The highest BCUT2D eigenvalue weighted by Gasteiger charge is 2.47. The van der Waals surface area contributed by atoms with E-state index >= 15 is 0 Å². The van der Waals surface area contributed by atoms with Crippen molar-refractivity contribution in [2.45, 2.75) is 287 Å². The van der Waals surface area contributed by atoms with E-state index in [-0.39, 0.29) is 26.1 Å². The van der Waals surface area contributed by atoms with E-state index in [1.807, 2.05) is 0 Å². The lowest BCUT2D eigenvalue weighted by molar-refractivity contribution is -0.332. The molecule has 0 aromatic rings. The summed E-state index contributed by atoms with van der Waals surface area (Å²) in [7, 11) is 0. The Bertz CT molecular complexity index is 1310. The molecule has 2 heterocycles. The Kier molecular flexibility index (Phi) is 38.0. The van der Waals surface area contributed by atoms with Gasteiger partial charge in [-0.15, -0.1) is 5.73 Å². The SMILES string of the molecule is CCCCCCCC=C=CCCCCCCCC(=O)O[C@@H](COC(=O)CCCCCCCCCCCCCCCCCCCC)CO[C@@H]1O[C@H](CO[C@@H]2O[C@H](CO)[C@H](O)C(O)C2O)[C@H](O)C(O)C1O. The fourth-order valence-corrected chi connectivity index (χ4v) is 8.72. The van der Waals surface area contributed by atoms with Gasteiger partial charge in [0.2, 0.25) is 0 Å². The molecule has 0 aromatic carbocycles. The number of carbonyl (C=O) groups is 2. The van der Waals surface area contributed by atoms with Crippen molar-refractivity contribution in [2.75, 3.05) is 26.4 Å². The molecule has 15 heteroatoms. The molecule has 11 atom stereocenters. The van der Waals surface area contributed by atoms with Crippen molar-refractivity contribution in [1.29, 1.82) is 0 Å². The number of carbonyl (C=O) groups excluding carboxylic acids is 2. The van der Waals surface area contributed by atoms with E-state index in [0.717, 1.165) is 57.8 Å². The van der Waals surface area contributed by atoms with Gasteiger partial charge >= 0.3 is 11.9 Å². The molecule has 0 aliphatic carbocycles. The van der Waals surface area contributed by atoms with Gasteiger partial charge in [0.1, 0.15) is 55.4 Å². The summed E-state index contributed by atoms with van der Waals surface area (Å²) in [5.74, 6) is -0.935. The van der Waals surface area contributed by atoms with Crippen molar-refractivity contribution in [2.24, 2.45) is 0 Å². The molecule has 0 bridgehead atoms. The lowest BCUT2D eigenvalue weighted by Gasteiger charge is -2.42. The summed E-state index contributed by atoms with van der Waals surface area (Å²) < 4.78 is 33.6. The summed E-state index contributed by atoms with van der Waals surface area (Å²) in [5, 5.41) is 72.1. The summed E-state index contributed by atoms with van der Waals surface area (Å²) >= 11 is 0. The van der Waals surface area contributed by atoms with E-state index in [2.05, 4.69) is 31.7 Å². The van der Waals surface area contributed by atoms with Crippen LogP contribution >= 0.6 is 0 Å². The summed E-state index contributed by atoms with van der Waals surface area (Å²) in [6, 6.07) is 0. The third-order valence-electron chi connectivity index (χ3n) is 13.3. The van der Waals surface area contributed by atoms with Gasteiger partial charge in [0.15, 0.2) is 18.7 Å². The first-order valence-corrected chi connectivity index (χ1v) is 27.5. The Hall–Kier alpha value is -1.98. The largest absolute Gasteiger partial charge is 0.462 e. The number of allylic oxidation sites excluding steroid dienone is 1. The Morgan fingerprint density at radius 2 is 0.870 bits per heavy atom. The van der Waals surface area contributed by atoms with Crippen LogP contribution in [-0.4, -0.2) is 142 Å². The van der Waals surface area contributed by atoms with Crippen molar-refractivity contribution in [3.05, 3.63) is 17.9 Å². The average molecular weight is 987 g/mol. The first-order chi connectivity index (χ1) is 33.5. The Balaban J connectivity index is 1.78. The van der Waals surface area contributed by atoms with Crippen molar-refractivity contribution >= 4 is 11.9 Å². The van der Waals surface area contributed by atoms with Crippen LogP contribution in [0.4, 0.5) is 0 Å². The lowest BCUT2D eigenvalue weighted by atomic mass is 9.98. The molecule has 15 nitrogen and oxygen atoms in total. The molecular formula is C54H98O15. The molecule has 2 aliphatic rings. The van der Waals surface area contributed by atoms with Crippen molar-refractivity contribution in [1.82, 2.24) is 0 Å². The second-order valence-electron chi connectivity index (χ2n) is 19.5. The van der Waals surface area contributed by atoms with Crippen LogP contribution in [0.2, 0.25) is 0 Å². The molecule has 0 aromatic heterocycles.